The maximum atomic E-state index is 13.0. The first-order valence-corrected chi connectivity index (χ1v) is 30.3. The number of benzene rings is 5. The van der Waals surface area contributed by atoms with E-state index in [1.165, 1.54) is 234 Å². The van der Waals surface area contributed by atoms with Crippen LogP contribution < -0.4 is 28.4 Å². The van der Waals surface area contributed by atoms with Crippen LogP contribution in [0.2, 0.25) is 0 Å². The molecule has 5 aromatic rings. The molecule has 430 valence electrons. The minimum absolute atomic E-state index is 0.153. The molecule has 0 radical (unpaired) electrons. The quantitative estimate of drug-likeness (QED) is 0.0161. The van der Waals surface area contributed by atoms with Crippen LogP contribution in [0.15, 0.2) is 133 Å². The highest BCUT2D eigenvalue weighted by atomic mass is 16.6. The summed E-state index contributed by atoms with van der Waals surface area (Å²) >= 11 is 0. The lowest BCUT2D eigenvalue weighted by molar-refractivity contribution is -0.129. The second-order valence-corrected chi connectivity index (χ2v) is 20.8. The zero-order valence-electron chi connectivity index (χ0n) is 48.2. The van der Waals surface area contributed by atoms with Crippen LogP contribution in [0.5, 0.6) is 34.5 Å². The Morgan fingerprint density at radius 1 is 0.312 bits per heavy atom. The molecule has 5 aromatic carbocycles. The van der Waals surface area contributed by atoms with Crippen molar-refractivity contribution < 1.29 is 47.6 Å². The zero-order valence-corrected chi connectivity index (χ0v) is 48.2. The van der Waals surface area contributed by atoms with Crippen molar-refractivity contribution >= 4 is 36.0 Å². The Bertz CT molecular complexity index is 2370. The first-order chi connectivity index (χ1) is 39.3. The Labute approximate surface area is 478 Å². The monoisotopic (exact) mass is 1090 g/mol. The smallest absolute Gasteiger partial charge is 0.343 e. The van der Waals surface area contributed by atoms with Crippen molar-refractivity contribution in [3.8, 4) is 34.5 Å². The second-order valence-electron chi connectivity index (χ2n) is 20.8. The van der Waals surface area contributed by atoms with Gasteiger partial charge in [0.05, 0.1) is 24.3 Å². The molecule has 0 unspecified atom stereocenters. The average Bonchev–Trinajstić information content (AvgIpc) is 3.47. The zero-order chi connectivity index (χ0) is 56.5. The molecule has 0 aliphatic heterocycles. The van der Waals surface area contributed by atoms with E-state index in [2.05, 4.69) is 13.8 Å². The molecule has 0 aromatic heterocycles. The third-order valence-corrected chi connectivity index (χ3v) is 14.0. The van der Waals surface area contributed by atoms with Crippen molar-refractivity contribution in [1.29, 1.82) is 0 Å². The highest BCUT2D eigenvalue weighted by Gasteiger charge is 2.14. The fraction of sp³-hybridized carbons (Fsp3) is 0.457. The van der Waals surface area contributed by atoms with Crippen LogP contribution in [-0.2, 0) is 9.59 Å². The molecule has 0 saturated carbocycles. The van der Waals surface area contributed by atoms with E-state index in [1.54, 1.807) is 30.4 Å². The van der Waals surface area contributed by atoms with Gasteiger partial charge in [-0.25, -0.2) is 19.2 Å². The van der Waals surface area contributed by atoms with Gasteiger partial charge in [-0.2, -0.15) is 0 Å². The van der Waals surface area contributed by atoms with Gasteiger partial charge in [-0.1, -0.05) is 211 Å². The first kappa shape index (κ1) is 63.9. The molecule has 0 amide bonds. The van der Waals surface area contributed by atoms with Gasteiger partial charge in [-0.3, -0.25) is 0 Å². The maximum Gasteiger partial charge on any atom is 0.343 e. The molecular weight excluding hydrogens is 1000 g/mol. The van der Waals surface area contributed by atoms with E-state index >= 15 is 0 Å². The molecule has 0 aliphatic rings. The van der Waals surface area contributed by atoms with E-state index in [-0.39, 0.29) is 34.1 Å². The summed E-state index contributed by atoms with van der Waals surface area (Å²) in [6.45, 7) is 5.91. The van der Waals surface area contributed by atoms with E-state index in [1.807, 2.05) is 48.5 Å². The van der Waals surface area contributed by atoms with Crippen LogP contribution >= 0.6 is 0 Å². The van der Waals surface area contributed by atoms with Gasteiger partial charge in [-0.05, 0) is 121 Å². The Kier molecular flexibility index (Phi) is 32.2. The second kappa shape index (κ2) is 40.3. The number of hydrogen-bond donors (Lipinski definition) is 0. The van der Waals surface area contributed by atoms with Gasteiger partial charge in [0, 0.05) is 18.2 Å². The van der Waals surface area contributed by atoms with Gasteiger partial charge in [0.2, 0.25) is 0 Å². The van der Waals surface area contributed by atoms with Crippen LogP contribution in [0.25, 0.3) is 12.2 Å². The van der Waals surface area contributed by atoms with Gasteiger partial charge in [0.25, 0.3) is 0 Å². The molecule has 0 atom stereocenters. The van der Waals surface area contributed by atoms with E-state index in [0.717, 1.165) is 35.5 Å². The van der Waals surface area contributed by atoms with E-state index < -0.39 is 23.9 Å². The normalized spacial score (nSPS) is 11.2. The van der Waals surface area contributed by atoms with Crippen molar-refractivity contribution in [2.45, 2.75) is 194 Å². The predicted molar refractivity (Wildman–Crippen MR) is 323 cm³/mol. The molecule has 0 spiro atoms. The van der Waals surface area contributed by atoms with Gasteiger partial charge in [0.1, 0.15) is 34.5 Å². The van der Waals surface area contributed by atoms with Crippen LogP contribution in [0, 0.1) is 0 Å². The van der Waals surface area contributed by atoms with Crippen molar-refractivity contribution in [1.82, 2.24) is 0 Å². The molecule has 0 bridgehead atoms. The molecule has 10 heteroatoms. The van der Waals surface area contributed by atoms with E-state index in [4.69, 9.17) is 28.4 Å². The summed E-state index contributed by atoms with van der Waals surface area (Å²) in [4.78, 5) is 51.2. The summed E-state index contributed by atoms with van der Waals surface area (Å²) in [5.74, 6) is -0.0384. The van der Waals surface area contributed by atoms with Gasteiger partial charge < -0.3 is 28.4 Å². The van der Waals surface area contributed by atoms with Gasteiger partial charge >= 0.3 is 23.9 Å². The summed E-state index contributed by atoms with van der Waals surface area (Å²) in [6.07, 6.45) is 43.1. The highest BCUT2D eigenvalue weighted by Crippen LogP contribution is 2.24. The summed E-state index contributed by atoms with van der Waals surface area (Å²) < 4.78 is 33.8. The van der Waals surface area contributed by atoms with E-state index in [9.17, 15) is 19.2 Å². The summed E-state index contributed by atoms with van der Waals surface area (Å²) in [5.41, 5.74) is 2.09. The molecule has 0 N–H and O–H groups in total. The third-order valence-electron chi connectivity index (χ3n) is 14.0. The number of ether oxygens (including phenoxy) is 6. The van der Waals surface area contributed by atoms with Gasteiger partial charge in [-0.15, -0.1) is 0 Å². The number of carbonyl (C=O) groups is 4. The van der Waals surface area contributed by atoms with Crippen LogP contribution in [0.3, 0.4) is 0 Å². The fourth-order valence-electron chi connectivity index (χ4n) is 9.20. The van der Waals surface area contributed by atoms with Crippen LogP contribution in [0.1, 0.15) is 225 Å². The number of unbranched alkanes of at least 4 members (excludes halogenated alkanes) is 26. The first-order valence-electron chi connectivity index (χ1n) is 30.3. The third kappa shape index (κ3) is 28.3. The summed E-state index contributed by atoms with van der Waals surface area (Å²) in [6, 6.07) is 33.3. The van der Waals surface area contributed by atoms with Crippen molar-refractivity contribution in [2.24, 2.45) is 0 Å². The molecule has 0 heterocycles. The fourth-order valence-corrected chi connectivity index (χ4v) is 9.20. The Morgan fingerprint density at radius 2 is 0.600 bits per heavy atom. The SMILES string of the molecule is CCCCCCCCCCCCCCCCOc1ccc(/C=C/C(=O)Oc2ccc(C(=O)Oc3cccc(OC(=O)c4ccc(OC(=O)/C=C/c5ccc(OCCCCCCCCCCCCCCCC)cc5)cc4)c3)cc2)cc1. The summed E-state index contributed by atoms with van der Waals surface area (Å²) in [5, 5.41) is 0. The molecule has 0 fully saturated rings. The number of esters is 4. The lowest BCUT2D eigenvalue weighted by atomic mass is 10.0. The van der Waals surface area contributed by atoms with Crippen molar-refractivity contribution in [3.63, 3.8) is 0 Å². The highest BCUT2D eigenvalue weighted by molar-refractivity contribution is 5.93. The Morgan fingerprint density at radius 3 is 0.912 bits per heavy atom. The standard InChI is InChI=1S/C70H90O10/c1-3-5-7-9-11-13-15-17-19-21-23-25-27-29-54-75-61-44-34-57(35-45-61)38-52-67(71)77-63-48-40-59(41-49-63)69(73)79-65-32-31-33-66(56-65)80-70(74)60-42-50-64(51-43-60)78-68(72)53-39-58-36-46-62(47-37-58)76-55-30-28-26-24-22-20-18-16-14-12-10-8-6-4-2/h31-53,56H,3-30,54-55H2,1-2H3/b52-38+,53-39+. The molecular formula is C70H90O10. The molecule has 80 heavy (non-hydrogen) atoms. The maximum absolute atomic E-state index is 13.0. The lowest BCUT2D eigenvalue weighted by Crippen LogP contribution is -2.10. The Hall–Kier alpha value is -6.94. The number of hydrogen-bond acceptors (Lipinski definition) is 10. The topological polar surface area (TPSA) is 124 Å². The minimum atomic E-state index is -0.661. The van der Waals surface area contributed by atoms with E-state index in [0.29, 0.717) is 13.2 Å². The minimum Gasteiger partial charge on any atom is -0.494 e. The number of carbonyl (C=O) groups excluding carboxylic acids is 4. The van der Waals surface area contributed by atoms with Crippen LogP contribution in [0.4, 0.5) is 0 Å². The predicted octanol–water partition coefficient (Wildman–Crippen LogP) is 19.1. The average molecular weight is 1090 g/mol. The largest absolute Gasteiger partial charge is 0.494 e. The molecule has 0 saturated heterocycles. The molecule has 0 aliphatic carbocycles. The molecule has 5 rings (SSSR count). The lowest BCUT2D eigenvalue weighted by Gasteiger charge is -2.08. The molecule has 10 nitrogen and oxygen atoms in total. The van der Waals surface area contributed by atoms with Gasteiger partial charge in [0.15, 0.2) is 0 Å². The Balaban J connectivity index is 0.911. The number of rotatable bonds is 42. The summed E-state index contributed by atoms with van der Waals surface area (Å²) in [7, 11) is 0. The van der Waals surface area contributed by atoms with Crippen LogP contribution in [-0.4, -0.2) is 37.1 Å². The van der Waals surface area contributed by atoms with Crippen molar-refractivity contribution in [3.05, 3.63) is 156 Å². The van der Waals surface area contributed by atoms with Crippen molar-refractivity contribution in [2.75, 3.05) is 13.2 Å².